The Labute approximate surface area is 129 Å². The van der Waals surface area contributed by atoms with E-state index in [4.69, 9.17) is 10.5 Å². The van der Waals surface area contributed by atoms with Gasteiger partial charge in [-0.3, -0.25) is 4.79 Å². The molecule has 2 N–H and O–H groups in total. The third-order valence-electron chi connectivity index (χ3n) is 4.95. The van der Waals surface area contributed by atoms with Gasteiger partial charge >= 0.3 is 5.97 Å². The van der Waals surface area contributed by atoms with Crippen LogP contribution in [0.1, 0.15) is 58.3 Å². The third kappa shape index (κ3) is 5.95. The molecule has 1 saturated carbocycles. The van der Waals surface area contributed by atoms with Crippen molar-refractivity contribution < 1.29 is 9.53 Å². The molecule has 2 aliphatic rings. The lowest BCUT2D eigenvalue weighted by Crippen LogP contribution is -2.48. The molecule has 2 fully saturated rings. The molecule has 0 amide bonds. The van der Waals surface area contributed by atoms with Crippen molar-refractivity contribution in [2.75, 3.05) is 26.2 Å². The normalized spacial score (nSPS) is 28.5. The van der Waals surface area contributed by atoms with Crippen molar-refractivity contribution >= 4 is 5.97 Å². The Morgan fingerprint density at radius 1 is 1.19 bits per heavy atom. The number of esters is 1. The number of nitrogens with zero attached hydrogens (tertiary/aromatic N) is 1. The Morgan fingerprint density at radius 3 is 2.67 bits per heavy atom. The van der Waals surface area contributed by atoms with E-state index in [1.807, 2.05) is 6.92 Å². The molecule has 2 unspecified atom stereocenters. The van der Waals surface area contributed by atoms with Crippen molar-refractivity contribution in [3.05, 3.63) is 0 Å². The predicted octanol–water partition coefficient (Wildman–Crippen LogP) is 2.56. The highest BCUT2D eigenvalue weighted by atomic mass is 16.5. The van der Waals surface area contributed by atoms with Crippen molar-refractivity contribution in [2.45, 2.75) is 64.3 Å². The molecule has 0 aromatic rings. The maximum absolute atomic E-state index is 11.5. The lowest BCUT2D eigenvalue weighted by molar-refractivity contribution is -0.143. The van der Waals surface area contributed by atoms with E-state index in [2.05, 4.69) is 4.90 Å². The van der Waals surface area contributed by atoms with Crippen molar-refractivity contribution in [1.29, 1.82) is 0 Å². The van der Waals surface area contributed by atoms with Gasteiger partial charge < -0.3 is 15.4 Å². The molecule has 4 heteroatoms. The highest BCUT2D eigenvalue weighted by Crippen LogP contribution is 2.27. The molecule has 2 rings (SSSR count). The topological polar surface area (TPSA) is 55.6 Å². The first kappa shape index (κ1) is 16.8. The first-order valence-electron chi connectivity index (χ1n) is 8.81. The first-order valence-corrected chi connectivity index (χ1v) is 8.81. The number of carbonyl (C=O) groups is 1. The van der Waals surface area contributed by atoms with Gasteiger partial charge in [-0.1, -0.05) is 19.3 Å². The van der Waals surface area contributed by atoms with E-state index in [1.165, 1.54) is 38.6 Å². The van der Waals surface area contributed by atoms with Crippen LogP contribution in [0.25, 0.3) is 0 Å². The average Bonchev–Trinajstić information content (AvgIpc) is 2.46. The van der Waals surface area contributed by atoms with Crippen molar-refractivity contribution in [3.63, 3.8) is 0 Å². The molecule has 1 aliphatic carbocycles. The Bertz CT molecular complexity index is 316. The highest BCUT2D eigenvalue weighted by Gasteiger charge is 2.27. The van der Waals surface area contributed by atoms with E-state index in [1.54, 1.807) is 0 Å². The van der Waals surface area contributed by atoms with Crippen molar-refractivity contribution in [1.82, 2.24) is 4.90 Å². The van der Waals surface area contributed by atoms with Gasteiger partial charge in [0.2, 0.25) is 0 Å². The van der Waals surface area contributed by atoms with E-state index in [0.29, 0.717) is 18.9 Å². The number of carbonyl (C=O) groups excluding carboxylic acids is 1. The van der Waals surface area contributed by atoms with Crippen LogP contribution < -0.4 is 5.73 Å². The van der Waals surface area contributed by atoms with Gasteiger partial charge in [-0.05, 0) is 44.4 Å². The molecule has 1 aliphatic heterocycles. The molecule has 0 aromatic heterocycles. The Hall–Kier alpha value is -0.610. The smallest absolute Gasteiger partial charge is 0.305 e. The molecular formula is C17H32N2O2. The fourth-order valence-electron chi connectivity index (χ4n) is 4.00. The lowest BCUT2D eigenvalue weighted by Gasteiger charge is -2.38. The number of nitrogens with two attached hydrogens (primary N) is 1. The zero-order valence-corrected chi connectivity index (χ0v) is 13.6. The van der Waals surface area contributed by atoms with E-state index in [-0.39, 0.29) is 12.0 Å². The molecule has 0 bridgehead atoms. The molecule has 2 atom stereocenters. The third-order valence-corrected chi connectivity index (χ3v) is 4.95. The monoisotopic (exact) mass is 296 g/mol. The van der Waals surface area contributed by atoms with Crippen LogP contribution in [0.5, 0.6) is 0 Å². The fourth-order valence-corrected chi connectivity index (χ4v) is 4.00. The average molecular weight is 296 g/mol. The van der Waals surface area contributed by atoms with Crippen LogP contribution in [0, 0.1) is 11.8 Å². The number of hydrogen-bond donors (Lipinski definition) is 1. The van der Waals surface area contributed by atoms with Gasteiger partial charge in [0.25, 0.3) is 0 Å². The minimum atomic E-state index is -0.0597. The Morgan fingerprint density at radius 2 is 1.95 bits per heavy atom. The van der Waals surface area contributed by atoms with Crippen LogP contribution in [-0.4, -0.2) is 43.2 Å². The summed E-state index contributed by atoms with van der Waals surface area (Å²) in [6.07, 6.45) is 9.51. The SMILES string of the molecule is CCOC(=O)CCC1CC(N)CN(CC2CCCCC2)C1. The summed E-state index contributed by atoms with van der Waals surface area (Å²) < 4.78 is 5.02. The van der Waals surface area contributed by atoms with Crippen LogP contribution in [0.15, 0.2) is 0 Å². The van der Waals surface area contributed by atoms with E-state index < -0.39 is 0 Å². The van der Waals surface area contributed by atoms with Crippen LogP contribution in [0.3, 0.4) is 0 Å². The quantitative estimate of drug-likeness (QED) is 0.765. The second-order valence-corrected chi connectivity index (χ2v) is 6.93. The van der Waals surface area contributed by atoms with Gasteiger partial charge in [0.1, 0.15) is 0 Å². The fraction of sp³-hybridized carbons (Fsp3) is 0.941. The van der Waals surface area contributed by atoms with Gasteiger partial charge in [0.15, 0.2) is 0 Å². The van der Waals surface area contributed by atoms with Crippen LogP contribution in [-0.2, 0) is 9.53 Å². The summed E-state index contributed by atoms with van der Waals surface area (Å²) >= 11 is 0. The summed E-state index contributed by atoms with van der Waals surface area (Å²) in [6, 6.07) is 0.273. The number of piperidine rings is 1. The summed E-state index contributed by atoms with van der Waals surface area (Å²) in [5, 5.41) is 0. The largest absolute Gasteiger partial charge is 0.466 e. The van der Waals surface area contributed by atoms with Gasteiger partial charge in [-0.15, -0.1) is 0 Å². The summed E-state index contributed by atoms with van der Waals surface area (Å²) in [7, 11) is 0. The maximum Gasteiger partial charge on any atom is 0.305 e. The summed E-state index contributed by atoms with van der Waals surface area (Å²) in [6.45, 7) is 5.71. The zero-order chi connectivity index (χ0) is 15.1. The van der Waals surface area contributed by atoms with Crippen molar-refractivity contribution in [3.8, 4) is 0 Å². The molecular weight excluding hydrogens is 264 g/mol. The van der Waals surface area contributed by atoms with E-state index in [0.717, 1.165) is 31.8 Å². The first-order chi connectivity index (χ1) is 10.2. The van der Waals surface area contributed by atoms with E-state index >= 15 is 0 Å². The molecule has 0 radical (unpaired) electrons. The second kappa shape index (κ2) is 8.74. The highest BCUT2D eigenvalue weighted by molar-refractivity contribution is 5.69. The maximum atomic E-state index is 11.5. The molecule has 1 saturated heterocycles. The summed E-state index contributed by atoms with van der Waals surface area (Å²) in [5.74, 6) is 1.37. The molecule has 4 nitrogen and oxygen atoms in total. The molecule has 0 spiro atoms. The zero-order valence-electron chi connectivity index (χ0n) is 13.6. The predicted molar refractivity (Wildman–Crippen MR) is 85.0 cm³/mol. The van der Waals surface area contributed by atoms with E-state index in [9.17, 15) is 4.79 Å². The Kier molecular flexibility index (Phi) is 6.97. The number of hydrogen-bond acceptors (Lipinski definition) is 4. The number of rotatable bonds is 6. The minimum absolute atomic E-state index is 0.0597. The van der Waals surface area contributed by atoms with Gasteiger partial charge in [0, 0.05) is 32.1 Å². The van der Waals surface area contributed by atoms with Crippen LogP contribution >= 0.6 is 0 Å². The van der Waals surface area contributed by atoms with Gasteiger partial charge in [-0.25, -0.2) is 0 Å². The molecule has 21 heavy (non-hydrogen) atoms. The van der Waals surface area contributed by atoms with Crippen molar-refractivity contribution in [2.24, 2.45) is 17.6 Å². The summed E-state index contributed by atoms with van der Waals surface area (Å²) in [5.41, 5.74) is 6.23. The van der Waals surface area contributed by atoms with Gasteiger partial charge in [-0.2, -0.15) is 0 Å². The standard InChI is InChI=1S/C17H32N2O2/c1-2-21-17(20)9-8-15-10-16(18)13-19(12-15)11-14-6-4-3-5-7-14/h14-16H,2-13,18H2,1H3. The van der Waals surface area contributed by atoms with Crippen LogP contribution in [0.4, 0.5) is 0 Å². The molecule has 122 valence electrons. The minimum Gasteiger partial charge on any atom is -0.466 e. The Balaban J connectivity index is 1.74. The molecule has 0 aromatic carbocycles. The van der Waals surface area contributed by atoms with Gasteiger partial charge in [0.05, 0.1) is 6.61 Å². The summed E-state index contributed by atoms with van der Waals surface area (Å²) in [4.78, 5) is 14.1. The molecule has 1 heterocycles. The lowest BCUT2D eigenvalue weighted by atomic mass is 9.86. The van der Waals surface area contributed by atoms with Crippen LogP contribution in [0.2, 0.25) is 0 Å². The second-order valence-electron chi connectivity index (χ2n) is 6.93. The number of likely N-dealkylation sites (tertiary alicyclic amines) is 1. The number of ether oxygens (including phenoxy) is 1.